The van der Waals surface area contributed by atoms with Gasteiger partial charge in [-0.15, -0.1) is 0 Å². The normalized spacial score (nSPS) is 15.3. The van der Waals surface area contributed by atoms with E-state index in [1.807, 2.05) is 0 Å². The molecule has 0 radical (unpaired) electrons. The van der Waals surface area contributed by atoms with Gasteiger partial charge >= 0.3 is 5.97 Å². The van der Waals surface area contributed by atoms with Crippen LogP contribution < -0.4 is 10.6 Å². The number of rotatable bonds is 4. The summed E-state index contributed by atoms with van der Waals surface area (Å²) in [5.41, 5.74) is 0.131. The monoisotopic (exact) mass is 276 g/mol. The van der Waals surface area contributed by atoms with Crippen molar-refractivity contribution in [2.24, 2.45) is 5.41 Å². The second-order valence-corrected chi connectivity index (χ2v) is 4.95. The van der Waals surface area contributed by atoms with Gasteiger partial charge in [0.25, 0.3) is 0 Å². The first-order chi connectivity index (χ1) is 9.40. The molecule has 1 saturated carbocycles. The minimum Gasteiger partial charge on any atom is -0.478 e. The zero-order chi connectivity index (χ0) is 14.9. The molecule has 20 heavy (non-hydrogen) atoms. The zero-order valence-electron chi connectivity index (χ0n) is 11.3. The first-order valence-corrected chi connectivity index (χ1v) is 6.28. The Morgan fingerprint density at radius 2 is 1.85 bits per heavy atom. The van der Waals surface area contributed by atoms with Crippen LogP contribution in [0.15, 0.2) is 18.2 Å². The van der Waals surface area contributed by atoms with Gasteiger partial charge in [-0.25, -0.2) is 4.79 Å². The Morgan fingerprint density at radius 1 is 1.20 bits per heavy atom. The van der Waals surface area contributed by atoms with Crippen LogP contribution in [0.4, 0.5) is 5.69 Å². The van der Waals surface area contributed by atoms with Crippen molar-refractivity contribution in [3.05, 3.63) is 29.3 Å². The van der Waals surface area contributed by atoms with Crippen molar-refractivity contribution in [1.82, 2.24) is 5.32 Å². The molecule has 0 spiro atoms. The van der Waals surface area contributed by atoms with Crippen molar-refractivity contribution in [3.63, 3.8) is 0 Å². The number of amides is 2. The fourth-order valence-electron chi connectivity index (χ4n) is 2.10. The van der Waals surface area contributed by atoms with E-state index in [4.69, 9.17) is 5.11 Å². The lowest BCUT2D eigenvalue weighted by molar-refractivity contribution is -0.134. The molecule has 2 rings (SSSR count). The number of carboxylic acid groups (broad SMARTS) is 1. The van der Waals surface area contributed by atoms with Gasteiger partial charge in [-0.3, -0.25) is 9.59 Å². The molecule has 1 aliphatic rings. The molecule has 106 valence electrons. The molecule has 1 fully saturated rings. The van der Waals surface area contributed by atoms with Crippen molar-refractivity contribution in [3.8, 4) is 0 Å². The fraction of sp³-hybridized carbons (Fsp3) is 0.357. The van der Waals surface area contributed by atoms with Crippen LogP contribution in [-0.2, 0) is 9.59 Å². The second-order valence-electron chi connectivity index (χ2n) is 4.95. The van der Waals surface area contributed by atoms with E-state index in [1.54, 1.807) is 19.1 Å². The highest BCUT2D eigenvalue weighted by Crippen LogP contribution is 2.46. The third kappa shape index (κ3) is 2.36. The number of nitrogens with one attached hydrogen (secondary N) is 2. The molecule has 0 heterocycles. The molecule has 0 atom stereocenters. The van der Waals surface area contributed by atoms with Crippen LogP contribution in [0.3, 0.4) is 0 Å². The Kier molecular flexibility index (Phi) is 3.48. The zero-order valence-corrected chi connectivity index (χ0v) is 11.3. The lowest BCUT2D eigenvalue weighted by atomic mass is 10.0. The Labute approximate surface area is 116 Å². The number of anilines is 1. The molecule has 0 saturated heterocycles. The first-order valence-electron chi connectivity index (χ1n) is 6.28. The number of carboxylic acids is 1. The van der Waals surface area contributed by atoms with Crippen LogP contribution in [0.2, 0.25) is 0 Å². The Morgan fingerprint density at radius 3 is 2.35 bits per heavy atom. The largest absolute Gasteiger partial charge is 0.478 e. The quantitative estimate of drug-likeness (QED) is 0.719. The molecular formula is C14H16N2O4. The maximum atomic E-state index is 12.1. The molecule has 0 aliphatic heterocycles. The summed E-state index contributed by atoms with van der Waals surface area (Å²) < 4.78 is 0. The number of hydrogen-bond acceptors (Lipinski definition) is 3. The van der Waals surface area contributed by atoms with Crippen LogP contribution in [0, 0.1) is 12.3 Å². The van der Waals surface area contributed by atoms with Crippen LogP contribution in [0.5, 0.6) is 0 Å². The van der Waals surface area contributed by atoms with Gasteiger partial charge in [0.15, 0.2) is 0 Å². The summed E-state index contributed by atoms with van der Waals surface area (Å²) in [6, 6.07) is 4.65. The molecule has 1 aliphatic carbocycles. The molecule has 1 aromatic carbocycles. The fourth-order valence-corrected chi connectivity index (χ4v) is 2.10. The molecule has 6 heteroatoms. The van der Waals surface area contributed by atoms with E-state index in [0.29, 0.717) is 24.1 Å². The van der Waals surface area contributed by atoms with E-state index in [9.17, 15) is 14.4 Å². The summed E-state index contributed by atoms with van der Waals surface area (Å²) in [5.74, 6) is -1.75. The Bertz CT molecular complexity index is 591. The minimum absolute atomic E-state index is 0.132. The number of aryl methyl sites for hydroxylation is 1. The van der Waals surface area contributed by atoms with E-state index in [0.717, 1.165) is 0 Å². The maximum absolute atomic E-state index is 12.1. The van der Waals surface area contributed by atoms with Gasteiger partial charge in [-0.05, 0) is 37.5 Å². The van der Waals surface area contributed by atoms with Crippen LogP contribution >= 0.6 is 0 Å². The van der Waals surface area contributed by atoms with Crippen molar-refractivity contribution in [1.29, 1.82) is 0 Å². The van der Waals surface area contributed by atoms with Crippen molar-refractivity contribution in [2.75, 3.05) is 12.4 Å². The maximum Gasteiger partial charge on any atom is 0.336 e. The summed E-state index contributed by atoms with van der Waals surface area (Å²) in [6.07, 6.45) is 1.02. The molecule has 2 amide bonds. The number of aromatic carboxylic acids is 1. The average Bonchev–Trinajstić information content (AvgIpc) is 3.21. The second kappa shape index (κ2) is 4.96. The molecule has 1 aromatic rings. The van der Waals surface area contributed by atoms with Crippen molar-refractivity contribution < 1.29 is 19.5 Å². The highest BCUT2D eigenvalue weighted by molar-refractivity contribution is 6.13. The van der Waals surface area contributed by atoms with E-state index in [1.165, 1.54) is 13.1 Å². The summed E-state index contributed by atoms with van der Waals surface area (Å²) in [6.45, 7) is 1.68. The van der Waals surface area contributed by atoms with Gasteiger partial charge in [0.2, 0.25) is 11.8 Å². The van der Waals surface area contributed by atoms with Crippen molar-refractivity contribution >= 4 is 23.5 Å². The minimum atomic E-state index is -1.05. The van der Waals surface area contributed by atoms with Gasteiger partial charge in [-0.2, -0.15) is 0 Å². The molecular weight excluding hydrogens is 260 g/mol. The summed E-state index contributed by atoms with van der Waals surface area (Å²) in [7, 11) is 1.49. The van der Waals surface area contributed by atoms with Crippen LogP contribution in [0.25, 0.3) is 0 Å². The summed E-state index contributed by atoms with van der Waals surface area (Å²) >= 11 is 0. The number of benzene rings is 1. The Hall–Kier alpha value is -2.37. The SMILES string of the molecule is CNC(=O)C1(C(=O)Nc2ccc(C)c(C(=O)O)c2)CC1. The lowest BCUT2D eigenvalue weighted by Gasteiger charge is -2.14. The Balaban J connectivity index is 2.19. The number of hydrogen-bond donors (Lipinski definition) is 3. The molecule has 3 N–H and O–H groups in total. The highest BCUT2D eigenvalue weighted by Gasteiger charge is 2.56. The van der Waals surface area contributed by atoms with Crippen LogP contribution in [-0.4, -0.2) is 29.9 Å². The average molecular weight is 276 g/mol. The molecule has 6 nitrogen and oxygen atoms in total. The predicted octanol–water partition coefficient (Wildman–Crippen LogP) is 1.16. The van der Waals surface area contributed by atoms with Gasteiger partial charge in [-0.1, -0.05) is 6.07 Å². The third-order valence-electron chi connectivity index (χ3n) is 3.57. The molecule has 0 aromatic heterocycles. The topological polar surface area (TPSA) is 95.5 Å². The van der Waals surface area contributed by atoms with Gasteiger partial charge in [0, 0.05) is 12.7 Å². The smallest absolute Gasteiger partial charge is 0.336 e. The van der Waals surface area contributed by atoms with E-state index < -0.39 is 17.3 Å². The van der Waals surface area contributed by atoms with E-state index in [2.05, 4.69) is 10.6 Å². The lowest BCUT2D eigenvalue weighted by Crippen LogP contribution is -2.38. The first kappa shape index (κ1) is 14.0. The van der Waals surface area contributed by atoms with Gasteiger partial charge in [0.1, 0.15) is 5.41 Å². The predicted molar refractivity (Wildman–Crippen MR) is 72.5 cm³/mol. The molecule has 0 unspecified atom stereocenters. The standard InChI is InChI=1S/C14H16N2O4/c1-8-3-4-9(7-10(8)11(17)18)16-13(20)14(5-6-14)12(19)15-2/h3-4,7H,5-6H2,1-2H3,(H,15,19)(H,16,20)(H,17,18). The van der Waals surface area contributed by atoms with E-state index >= 15 is 0 Å². The van der Waals surface area contributed by atoms with Gasteiger partial charge in [0.05, 0.1) is 5.56 Å². The third-order valence-corrected chi connectivity index (χ3v) is 3.57. The highest BCUT2D eigenvalue weighted by atomic mass is 16.4. The number of carbonyl (C=O) groups is 3. The van der Waals surface area contributed by atoms with Gasteiger partial charge < -0.3 is 15.7 Å². The summed E-state index contributed by atoms with van der Waals surface area (Å²) in [5, 5.41) is 14.1. The summed E-state index contributed by atoms with van der Waals surface area (Å²) in [4.78, 5) is 34.9. The van der Waals surface area contributed by atoms with Crippen LogP contribution in [0.1, 0.15) is 28.8 Å². The van der Waals surface area contributed by atoms with E-state index in [-0.39, 0.29) is 11.5 Å². The van der Waals surface area contributed by atoms with Crippen molar-refractivity contribution in [2.45, 2.75) is 19.8 Å². The molecule has 0 bridgehead atoms. The number of carbonyl (C=O) groups excluding carboxylic acids is 2.